The molecular formula is C15H11ClF2O2. The van der Waals surface area contributed by atoms with E-state index in [1.54, 1.807) is 6.07 Å². The predicted octanol–water partition coefficient (Wildman–Crippen LogP) is 4.03. The topological polar surface area (TPSA) is 37.3 Å². The number of aliphatic carboxylic acids is 1. The van der Waals surface area contributed by atoms with Crippen LogP contribution in [-0.4, -0.2) is 11.1 Å². The molecule has 0 heterocycles. The summed E-state index contributed by atoms with van der Waals surface area (Å²) in [6, 6.07) is 9.72. The van der Waals surface area contributed by atoms with E-state index in [4.69, 9.17) is 11.6 Å². The van der Waals surface area contributed by atoms with Gasteiger partial charge in [0.2, 0.25) is 0 Å². The zero-order valence-corrected chi connectivity index (χ0v) is 11.1. The van der Waals surface area contributed by atoms with Crippen molar-refractivity contribution in [3.05, 3.63) is 70.2 Å². The van der Waals surface area contributed by atoms with E-state index in [-0.39, 0.29) is 17.0 Å². The van der Waals surface area contributed by atoms with Crippen LogP contribution in [0.25, 0.3) is 0 Å². The highest BCUT2D eigenvalue weighted by atomic mass is 35.5. The van der Waals surface area contributed by atoms with Crippen molar-refractivity contribution in [2.75, 3.05) is 0 Å². The van der Waals surface area contributed by atoms with Crippen molar-refractivity contribution >= 4 is 17.6 Å². The van der Waals surface area contributed by atoms with Gasteiger partial charge in [0.25, 0.3) is 0 Å². The lowest BCUT2D eigenvalue weighted by Crippen LogP contribution is -2.16. The Morgan fingerprint density at radius 3 is 2.45 bits per heavy atom. The van der Waals surface area contributed by atoms with Gasteiger partial charge in [-0.25, -0.2) is 8.78 Å². The van der Waals surface area contributed by atoms with Gasteiger partial charge in [-0.15, -0.1) is 0 Å². The first-order valence-corrected chi connectivity index (χ1v) is 6.28. The summed E-state index contributed by atoms with van der Waals surface area (Å²) in [5.74, 6) is -3.45. The molecular weight excluding hydrogens is 286 g/mol. The number of halogens is 3. The molecule has 0 saturated carbocycles. The van der Waals surface area contributed by atoms with Gasteiger partial charge in [-0.05, 0) is 30.2 Å². The summed E-state index contributed by atoms with van der Waals surface area (Å²) < 4.78 is 27.0. The van der Waals surface area contributed by atoms with Gasteiger partial charge in [0.05, 0.1) is 10.9 Å². The molecule has 5 heteroatoms. The first-order valence-electron chi connectivity index (χ1n) is 5.90. The highest BCUT2D eigenvalue weighted by Gasteiger charge is 2.23. The maximum atomic E-state index is 13.7. The van der Waals surface area contributed by atoms with Crippen molar-refractivity contribution in [1.29, 1.82) is 0 Å². The largest absolute Gasteiger partial charge is 0.481 e. The average Bonchev–Trinajstić information content (AvgIpc) is 2.41. The number of rotatable bonds is 4. The molecule has 0 amide bonds. The molecule has 0 aliphatic heterocycles. The van der Waals surface area contributed by atoms with Crippen LogP contribution in [0.2, 0.25) is 5.02 Å². The molecule has 0 aliphatic rings. The van der Waals surface area contributed by atoms with Gasteiger partial charge in [0.1, 0.15) is 11.6 Å². The minimum absolute atomic E-state index is 0.00957. The molecule has 0 saturated heterocycles. The maximum Gasteiger partial charge on any atom is 0.311 e. The van der Waals surface area contributed by atoms with Gasteiger partial charge in [-0.1, -0.05) is 35.9 Å². The summed E-state index contributed by atoms with van der Waals surface area (Å²) in [7, 11) is 0. The average molecular weight is 297 g/mol. The van der Waals surface area contributed by atoms with Gasteiger partial charge >= 0.3 is 5.97 Å². The van der Waals surface area contributed by atoms with Crippen molar-refractivity contribution in [3.63, 3.8) is 0 Å². The molecule has 1 atom stereocenters. The van der Waals surface area contributed by atoms with Crippen LogP contribution in [0.4, 0.5) is 8.78 Å². The van der Waals surface area contributed by atoms with E-state index in [1.807, 2.05) is 0 Å². The smallest absolute Gasteiger partial charge is 0.311 e. The van der Waals surface area contributed by atoms with E-state index in [0.717, 1.165) is 0 Å². The first kappa shape index (κ1) is 14.5. The Labute approximate surface area is 119 Å². The zero-order valence-electron chi connectivity index (χ0n) is 10.3. The third kappa shape index (κ3) is 3.14. The summed E-state index contributed by atoms with van der Waals surface area (Å²) in [6.07, 6.45) is -0.00957. The molecule has 0 aromatic heterocycles. The van der Waals surface area contributed by atoms with E-state index in [0.29, 0.717) is 5.56 Å². The van der Waals surface area contributed by atoms with Gasteiger partial charge < -0.3 is 5.11 Å². The van der Waals surface area contributed by atoms with Crippen molar-refractivity contribution in [2.24, 2.45) is 0 Å². The van der Waals surface area contributed by atoms with Crippen LogP contribution in [-0.2, 0) is 11.2 Å². The molecule has 0 bridgehead atoms. The Hall–Kier alpha value is -1.94. The standard InChI is InChI=1S/C15H11ClF2O2/c16-12-6-5-9(8-14(12)18)7-11(15(19)20)10-3-1-2-4-13(10)17/h1-6,8,11H,7H2,(H,19,20). The van der Waals surface area contributed by atoms with Gasteiger partial charge in [0.15, 0.2) is 0 Å². The number of hydrogen-bond donors (Lipinski definition) is 1. The van der Waals surface area contributed by atoms with Crippen LogP contribution in [0.3, 0.4) is 0 Å². The minimum atomic E-state index is -1.16. The third-order valence-corrected chi connectivity index (χ3v) is 3.31. The second kappa shape index (κ2) is 6.01. The fraction of sp³-hybridized carbons (Fsp3) is 0.133. The number of hydrogen-bond acceptors (Lipinski definition) is 1. The van der Waals surface area contributed by atoms with Crippen LogP contribution < -0.4 is 0 Å². The Morgan fingerprint density at radius 2 is 1.85 bits per heavy atom. The molecule has 0 radical (unpaired) electrons. The van der Waals surface area contributed by atoms with Crippen molar-refractivity contribution in [1.82, 2.24) is 0 Å². The molecule has 1 unspecified atom stereocenters. The minimum Gasteiger partial charge on any atom is -0.481 e. The SMILES string of the molecule is O=C(O)C(Cc1ccc(Cl)c(F)c1)c1ccccc1F. The third-order valence-electron chi connectivity index (χ3n) is 3.00. The van der Waals surface area contributed by atoms with Crippen molar-refractivity contribution in [2.45, 2.75) is 12.3 Å². The quantitative estimate of drug-likeness (QED) is 0.925. The summed E-state index contributed by atoms with van der Waals surface area (Å²) in [4.78, 5) is 11.3. The molecule has 0 spiro atoms. The molecule has 2 rings (SSSR count). The number of carboxylic acid groups (broad SMARTS) is 1. The Morgan fingerprint density at radius 1 is 1.15 bits per heavy atom. The lowest BCUT2D eigenvalue weighted by Gasteiger charge is -2.14. The van der Waals surface area contributed by atoms with Crippen molar-refractivity contribution < 1.29 is 18.7 Å². The fourth-order valence-corrected chi connectivity index (χ4v) is 2.11. The normalized spacial score (nSPS) is 12.2. The van der Waals surface area contributed by atoms with E-state index < -0.39 is 23.5 Å². The Kier molecular flexibility index (Phi) is 4.35. The molecule has 0 aliphatic carbocycles. The second-order valence-corrected chi connectivity index (χ2v) is 4.77. The van der Waals surface area contributed by atoms with E-state index in [1.165, 1.54) is 36.4 Å². The highest BCUT2D eigenvalue weighted by Crippen LogP contribution is 2.25. The lowest BCUT2D eigenvalue weighted by molar-refractivity contribution is -0.138. The van der Waals surface area contributed by atoms with Crippen LogP contribution in [0.15, 0.2) is 42.5 Å². The second-order valence-electron chi connectivity index (χ2n) is 4.36. The molecule has 2 aromatic rings. The fourth-order valence-electron chi connectivity index (χ4n) is 1.99. The monoisotopic (exact) mass is 296 g/mol. The van der Waals surface area contributed by atoms with E-state index >= 15 is 0 Å². The Balaban J connectivity index is 2.33. The molecule has 20 heavy (non-hydrogen) atoms. The van der Waals surface area contributed by atoms with Crippen LogP contribution in [0.5, 0.6) is 0 Å². The molecule has 1 N–H and O–H groups in total. The molecule has 104 valence electrons. The number of benzene rings is 2. The van der Waals surface area contributed by atoms with Crippen molar-refractivity contribution in [3.8, 4) is 0 Å². The van der Waals surface area contributed by atoms with Crippen LogP contribution in [0, 0.1) is 11.6 Å². The number of carboxylic acids is 1. The van der Waals surface area contributed by atoms with Crippen LogP contribution in [0.1, 0.15) is 17.0 Å². The predicted molar refractivity (Wildman–Crippen MR) is 71.9 cm³/mol. The number of carbonyl (C=O) groups is 1. The van der Waals surface area contributed by atoms with E-state index in [9.17, 15) is 18.7 Å². The van der Waals surface area contributed by atoms with Gasteiger partial charge in [0, 0.05) is 5.56 Å². The Bertz CT molecular complexity index is 644. The van der Waals surface area contributed by atoms with E-state index in [2.05, 4.69) is 0 Å². The highest BCUT2D eigenvalue weighted by molar-refractivity contribution is 6.30. The summed E-state index contributed by atoms with van der Waals surface area (Å²) >= 11 is 5.57. The maximum absolute atomic E-state index is 13.7. The van der Waals surface area contributed by atoms with Gasteiger partial charge in [-0.3, -0.25) is 4.79 Å². The first-order chi connectivity index (χ1) is 9.49. The van der Waals surface area contributed by atoms with Gasteiger partial charge in [-0.2, -0.15) is 0 Å². The van der Waals surface area contributed by atoms with Crippen LogP contribution >= 0.6 is 11.6 Å². The summed E-state index contributed by atoms with van der Waals surface area (Å²) in [5, 5.41) is 9.21. The summed E-state index contributed by atoms with van der Waals surface area (Å²) in [5.41, 5.74) is 0.526. The lowest BCUT2D eigenvalue weighted by atomic mass is 9.91. The molecule has 0 fully saturated rings. The molecule has 2 aromatic carbocycles. The zero-order chi connectivity index (χ0) is 14.7. The summed E-state index contributed by atoms with van der Waals surface area (Å²) in [6.45, 7) is 0. The molecule has 2 nitrogen and oxygen atoms in total.